The van der Waals surface area contributed by atoms with Crippen molar-refractivity contribution in [2.75, 3.05) is 13.1 Å². The molecule has 1 aliphatic heterocycles. The van der Waals surface area contributed by atoms with E-state index in [1.54, 1.807) is 0 Å². The topological polar surface area (TPSA) is 46.6 Å². The van der Waals surface area contributed by atoms with Crippen molar-refractivity contribution in [2.24, 2.45) is 5.92 Å². The van der Waals surface area contributed by atoms with Crippen molar-refractivity contribution in [3.8, 4) is 0 Å². The van der Waals surface area contributed by atoms with Gasteiger partial charge in [-0.15, -0.1) is 0 Å². The highest BCUT2D eigenvalue weighted by Gasteiger charge is 2.30. The van der Waals surface area contributed by atoms with Crippen LogP contribution in [-0.2, 0) is 14.3 Å². The summed E-state index contributed by atoms with van der Waals surface area (Å²) < 4.78 is 5.41. The molecule has 0 radical (unpaired) electrons. The average Bonchev–Trinajstić information content (AvgIpc) is 2.38. The van der Waals surface area contributed by atoms with Gasteiger partial charge in [0, 0.05) is 38.4 Å². The molecule has 0 atom stereocenters. The van der Waals surface area contributed by atoms with Gasteiger partial charge in [0.2, 0.25) is 0 Å². The molecule has 120 valence electrons. The minimum atomic E-state index is -0.380. The predicted octanol–water partition coefficient (Wildman–Crippen LogP) is 2.94. The van der Waals surface area contributed by atoms with Crippen LogP contribution in [0.4, 0.5) is 0 Å². The first kappa shape index (κ1) is 16.5. The van der Waals surface area contributed by atoms with Crippen LogP contribution >= 0.6 is 0 Å². The summed E-state index contributed by atoms with van der Waals surface area (Å²) in [5.74, 6) is 0.821. The zero-order chi connectivity index (χ0) is 15.5. The van der Waals surface area contributed by atoms with Crippen LogP contribution in [0.25, 0.3) is 0 Å². The molecular weight excluding hydrogens is 266 g/mol. The Kier molecular flexibility index (Phi) is 5.42. The van der Waals surface area contributed by atoms with E-state index < -0.39 is 0 Å². The average molecular weight is 295 g/mol. The molecule has 0 aromatic carbocycles. The normalized spacial score (nSPS) is 28.4. The second kappa shape index (κ2) is 6.91. The van der Waals surface area contributed by atoms with Crippen LogP contribution in [0.1, 0.15) is 65.7 Å². The minimum Gasteiger partial charge on any atom is -0.460 e. The van der Waals surface area contributed by atoms with E-state index in [1.165, 1.54) is 0 Å². The number of hydrogen-bond donors (Lipinski definition) is 0. The first-order chi connectivity index (χ1) is 9.83. The molecule has 21 heavy (non-hydrogen) atoms. The fourth-order valence-electron chi connectivity index (χ4n) is 3.47. The molecule has 4 nitrogen and oxygen atoms in total. The van der Waals surface area contributed by atoms with Gasteiger partial charge in [-0.05, 0) is 52.4 Å². The van der Waals surface area contributed by atoms with E-state index in [4.69, 9.17) is 4.74 Å². The van der Waals surface area contributed by atoms with Crippen molar-refractivity contribution in [3.05, 3.63) is 0 Å². The number of nitrogens with zero attached hydrogens (tertiary/aromatic N) is 1. The van der Waals surface area contributed by atoms with Crippen molar-refractivity contribution >= 4 is 11.8 Å². The van der Waals surface area contributed by atoms with Gasteiger partial charge in [0.25, 0.3) is 0 Å². The highest BCUT2D eigenvalue weighted by Crippen LogP contribution is 2.31. The number of esters is 1. The minimum absolute atomic E-state index is 0.0606. The molecule has 0 N–H and O–H groups in total. The summed E-state index contributed by atoms with van der Waals surface area (Å²) in [6.07, 6.45) is 6.52. The van der Waals surface area contributed by atoms with E-state index in [1.807, 2.05) is 20.8 Å². The maximum atomic E-state index is 11.9. The molecule has 0 aromatic rings. The third-order valence-corrected chi connectivity index (χ3v) is 4.56. The zero-order valence-electron chi connectivity index (χ0n) is 13.7. The molecule has 1 saturated carbocycles. The van der Waals surface area contributed by atoms with E-state index in [0.29, 0.717) is 24.2 Å². The Morgan fingerprint density at radius 2 is 1.71 bits per heavy atom. The quantitative estimate of drug-likeness (QED) is 0.751. The monoisotopic (exact) mass is 295 g/mol. The Hall–Kier alpha value is -0.900. The van der Waals surface area contributed by atoms with Crippen molar-refractivity contribution in [1.82, 2.24) is 4.90 Å². The third-order valence-electron chi connectivity index (χ3n) is 4.56. The third kappa shape index (κ3) is 5.42. The number of piperidine rings is 1. The van der Waals surface area contributed by atoms with E-state index in [2.05, 4.69) is 4.90 Å². The van der Waals surface area contributed by atoms with Crippen LogP contribution in [0, 0.1) is 5.92 Å². The summed E-state index contributed by atoms with van der Waals surface area (Å²) in [6.45, 7) is 7.61. The smallest absolute Gasteiger partial charge is 0.306 e. The first-order valence-corrected chi connectivity index (χ1v) is 8.31. The van der Waals surface area contributed by atoms with E-state index in [9.17, 15) is 9.59 Å². The SMILES string of the molecule is CC(C)(C)OC(=O)C[C@H]1CC[C@H](N2CCC(=O)CC2)CC1. The fourth-order valence-corrected chi connectivity index (χ4v) is 3.47. The number of ether oxygens (including phenoxy) is 1. The molecule has 0 bridgehead atoms. The second-order valence-electron chi connectivity index (χ2n) is 7.54. The van der Waals surface area contributed by atoms with Gasteiger partial charge < -0.3 is 4.74 Å². The van der Waals surface area contributed by atoms with Gasteiger partial charge in [-0.1, -0.05) is 0 Å². The maximum Gasteiger partial charge on any atom is 0.306 e. The standard InChI is InChI=1S/C17H29NO3/c1-17(2,3)21-16(20)12-13-4-6-14(7-5-13)18-10-8-15(19)9-11-18/h13-14H,4-12H2,1-3H3/t13-,14-. The van der Waals surface area contributed by atoms with Crippen molar-refractivity contribution < 1.29 is 14.3 Å². The summed E-state index contributed by atoms with van der Waals surface area (Å²) in [5, 5.41) is 0. The summed E-state index contributed by atoms with van der Waals surface area (Å²) in [7, 11) is 0. The Bertz CT molecular complexity index is 368. The lowest BCUT2D eigenvalue weighted by molar-refractivity contribution is -0.156. The molecule has 0 amide bonds. The van der Waals surface area contributed by atoms with E-state index >= 15 is 0 Å². The molecule has 1 heterocycles. The Balaban J connectivity index is 1.71. The zero-order valence-corrected chi connectivity index (χ0v) is 13.7. The summed E-state index contributed by atoms with van der Waals surface area (Å²) in [6, 6.07) is 0.619. The fraction of sp³-hybridized carbons (Fsp3) is 0.882. The second-order valence-corrected chi connectivity index (χ2v) is 7.54. The van der Waals surface area contributed by atoms with Gasteiger partial charge in [-0.3, -0.25) is 14.5 Å². The van der Waals surface area contributed by atoms with E-state index in [-0.39, 0.29) is 11.6 Å². The number of hydrogen-bond acceptors (Lipinski definition) is 4. The Morgan fingerprint density at radius 1 is 1.14 bits per heavy atom. The number of ketones is 1. The molecule has 0 aromatic heterocycles. The summed E-state index contributed by atoms with van der Waals surface area (Å²) in [4.78, 5) is 25.7. The maximum absolute atomic E-state index is 11.9. The van der Waals surface area contributed by atoms with Crippen LogP contribution in [-0.4, -0.2) is 41.4 Å². The van der Waals surface area contributed by atoms with Gasteiger partial charge >= 0.3 is 5.97 Å². The molecule has 1 aliphatic carbocycles. The van der Waals surface area contributed by atoms with Gasteiger partial charge in [-0.25, -0.2) is 0 Å². The Morgan fingerprint density at radius 3 is 2.24 bits per heavy atom. The number of likely N-dealkylation sites (tertiary alicyclic amines) is 1. The lowest BCUT2D eigenvalue weighted by Crippen LogP contribution is -2.43. The van der Waals surface area contributed by atoms with Crippen LogP contribution in [0.2, 0.25) is 0 Å². The van der Waals surface area contributed by atoms with Crippen LogP contribution < -0.4 is 0 Å². The number of carbonyl (C=O) groups is 2. The molecular formula is C17H29NO3. The van der Waals surface area contributed by atoms with Crippen molar-refractivity contribution in [3.63, 3.8) is 0 Å². The van der Waals surface area contributed by atoms with Crippen LogP contribution in [0.3, 0.4) is 0 Å². The summed E-state index contributed by atoms with van der Waals surface area (Å²) in [5.41, 5.74) is -0.380. The molecule has 2 fully saturated rings. The van der Waals surface area contributed by atoms with Gasteiger partial charge in [0.1, 0.15) is 11.4 Å². The molecule has 1 saturated heterocycles. The lowest BCUT2D eigenvalue weighted by Gasteiger charge is -2.38. The Labute approximate surface area is 128 Å². The summed E-state index contributed by atoms with van der Waals surface area (Å²) >= 11 is 0. The molecule has 2 aliphatic rings. The van der Waals surface area contributed by atoms with Gasteiger partial charge in [0.15, 0.2) is 0 Å². The van der Waals surface area contributed by atoms with Crippen LogP contribution in [0.15, 0.2) is 0 Å². The van der Waals surface area contributed by atoms with Crippen LogP contribution in [0.5, 0.6) is 0 Å². The highest BCUT2D eigenvalue weighted by molar-refractivity contribution is 5.79. The lowest BCUT2D eigenvalue weighted by atomic mass is 9.83. The number of Topliss-reactive ketones (excluding diaryl/α,β-unsaturated/α-hetero) is 1. The first-order valence-electron chi connectivity index (χ1n) is 8.31. The van der Waals surface area contributed by atoms with Gasteiger partial charge in [0.05, 0.1) is 0 Å². The number of rotatable bonds is 3. The van der Waals surface area contributed by atoms with E-state index in [0.717, 1.165) is 51.6 Å². The molecule has 2 rings (SSSR count). The molecule has 0 spiro atoms. The highest BCUT2D eigenvalue weighted by atomic mass is 16.6. The predicted molar refractivity (Wildman–Crippen MR) is 82.0 cm³/mol. The molecule has 4 heteroatoms. The molecule has 0 unspecified atom stereocenters. The van der Waals surface area contributed by atoms with Gasteiger partial charge in [-0.2, -0.15) is 0 Å². The van der Waals surface area contributed by atoms with Crippen molar-refractivity contribution in [1.29, 1.82) is 0 Å². The van der Waals surface area contributed by atoms with Crippen molar-refractivity contribution in [2.45, 2.75) is 77.4 Å². The largest absolute Gasteiger partial charge is 0.460 e. The number of carbonyl (C=O) groups excluding carboxylic acids is 2.